The Bertz CT molecular complexity index is 429. The molecule has 0 bridgehead atoms. The van der Waals surface area contributed by atoms with Gasteiger partial charge in [0.05, 0.1) is 12.3 Å². The summed E-state index contributed by atoms with van der Waals surface area (Å²) < 4.78 is 6.98. The van der Waals surface area contributed by atoms with Crippen molar-refractivity contribution >= 4 is 11.6 Å². The monoisotopic (exact) mass is 285 g/mol. The van der Waals surface area contributed by atoms with Crippen LogP contribution in [0.3, 0.4) is 0 Å². The molecule has 5 heteroatoms. The number of hydrogen-bond acceptors (Lipinski definition) is 3. The van der Waals surface area contributed by atoms with Gasteiger partial charge in [-0.05, 0) is 32.6 Å². The number of aryl methyl sites for hydroxylation is 2. The molecule has 1 aliphatic carbocycles. The van der Waals surface area contributed by atoms with Crippen molar-refractivity contribution in [1.29, 1.82) is 0 Å². The molecule has 1 aromatic rings. The first-order valence-corrected chi connectivity index (χ1v) is 7.33. The van der Waals surface area contributed by atoms with Crippen LogP contribution in [0.15, 0.2) is 0 Å². The van der Waals surface area contributed by atoms with Crippen LogP contribution in [0, 0.1) is 12.8 Å². The van der Waals surface area contributed by atoms with Crippen LogP contribution in [-0.4, -0.2) is 41.0 Å². The van der Waals surface area contributed by atoms with E-state index >= 15 is 0 Å². The molecule has 108 valence electrons. The average Bonchev–Trinajstić information content (AvgIpc) is 3.18. The average molecular weight is 286 g/mol. The van der Waals surface area contributed by atoms with Gasteiger partial charge < -0.3 is 4.74 Å². The predicted octanol–water partition coefficient (Wildman–Crippen LogP) is 2.63. The number of aromatic nitrogens is 2. The Kier molecular flexibility index (Phi) is 4.87. The molecule has 0 aliphatic heterocycles. The van der Waals surface area contributed by atoms with Crippen molar-refractivity contribution in [3.8, 4) is 0 Å². The minimum atomic E-state index is 0.589. The quantitative estimate of drug-likeness (QED) is 0.771. The molecule has 1 atom stereocenters. The summed E-state index contributed by atoms with van der Waals surface area (Å²) in [7, 11) is 3.64. The van der Waals surface area contributed by atoms with E-state index in [-0.39, 0.29) is 0 Å². The first kappa shape index (κ1) is 14.8. The van der Waals surface area contributed by atoms with E-state index in [4.69, 9.17) is 16.3 Å². The molecule has 0 spiro atoms. The molecule has 1 unspecified atom stereocenters. The molecule has 2 rings (SSSR count). The van der Waals surface area contributed by atoms with Gasteiger partial charge >= 0.3 is 0 Å². The van der Waals surface area contributed by atoms with E-state index in [1.165, 1.54) is 12.8 Å². The third-order valence-corrected chi connectivity index (χ3v) is 4.57. The molecule has 1 aromatic heterocycles. The SMILES string of the molecule is COCCN(Cc1c(C)nn(C)c1Cl)C(C)C1CC1. The highest BCUT2D eigenvalue weighted by Crippen LogP contribution is 2.36. The first-order chi connectivity index (χ1) is 9.04. The Hall–Kier alpha value is -0.580. The second-order valence-corrected chi connectivity index (χ2v) is 5.88. The number of halogens is 1. The van der Waals surface area contributed by atoms with Gasteiger partial charge in [-0.2, -0.15) is 5.10 Å². The maximum Gasteiger partial charge on any atom is 0.131 e. The summed E-state index contributed by atoms with van der Waals surface area (Å²) in [5.74, 6) is 0.840. The van der Waals surface area contributed by atoms with Gasteiger partial charge in [0.15, 0.2) is 0 Å². The Labute approximate surface area is 120 Å². The summed E-state index contributed by atoms with van der Waals surface area (Å²) in [5.41, 5.74) is 2.17. The second-order valence-electron chi connectivity index (χ2n) is 5.52. The van der Waals surface area contributed by atoms with Crippen molar-refractivity contribution in [3.63, 3.8) is 0 Å². The van der Waals surface area contributed by atoms with Gasteiger partial charge in [-0.3, -0.25) is 9.58 Å². The Morgan fingerprint density at radius 2 is 2.21 bits per heavy atom. The van der Waals surface area contributed by atoms with E-state index < -0.39 is 0 Å². The van der Waals surface area contributed by atoms with Crippen molar-refractivity contribution in [2.24, 2.45) is 13.0 Å². The zero-order chi connectivity index (χ0) is 14.0. The molecule has 1 aliphatic rings. The predicted molar refractivity (Wildman–Crippen MR) is 77.4 cm³/mol. The maximum absolute atomic E-state index is 6.33. The first-order valence-electron chi connectivity index (χ1n) is 6.95. The smallest absolute Gasteiger partial charge is 0.131 e. The minimum Gasteiger partial charge on any atom is -0.383 e. The van der Waals surface area contributed by atoms with Crippen LogP contribution >= 0.6 is 11.6 Å². The fraction of sp³-hybridized carbons (Fsp3) is 0.786. The third kappa shape index (κ3) is 3.50. The molecule has 0 amide bonds. The van der Waals surface area contributed by atoms with Crippen molar-refractivity contribution in [2.45, 2.75) is 39.3 Å². The Morgan fingerprint density at radius 3 is 2.68 bits per heavy atom. The lowest BCUT2D eigenvalue weighted by Gasteiger charge is -2.29. The second kappa shape index (κ2) is 6.25. The Balaban J connectivity index is 2.09. The van der Waals surface area contributed by atoms with Crippen LogP contribution in [-0.2, 0) is 18.3 Å². The summed E-state index contributed by atoms with van der Waals surface area (Å²) in [6, 6.07) is 0.589. The number of ether oxygens (including phenoxy) is 1. The number of rotatable bonds is 7. The lowest BCUT2D eigenvalue weighted by molar-refractivity contribution is 0.111. The van der Waals surface area contributed by atoms with Crippen molar-refractivity contribution < 1.29 is 4.74 Å². The van der Waals surface area contributed by atoms with Gasteiger partial charge in [-0.15, -0.1) is 0 Å². The topological polar surface area (TPSA) is 30.3 Å². The number of methoxy groups -OCH3 is 1. The fourth-order valence-electron chi connectivity index (χ4n) is 2.57. The molecule has 19 heavy (non-hydrogen) atoms. The number of hydrogen-bond donors (Lipinski definition) is 0. The van der Waals surface area contributed by atoms with Crippen LogP contribution in [0.25, 0.3) is 0 Å². The van der Waals surface area contributed by atoms with E-state index in [1.807, 2.05) is 14.0 Å². The molecule has 0 saturated heterocycles. The van der Waals surface area contributed by atoms with Crippen molar-refractivity contribution in [2.75, 3.05) is 20.3 Å². The maximum atomic E-state index is 6.33. The molecule has 1 heterocycles. The highest BCUT2D eigenvalue weighted by atomic mass is 35.5. The van der Waals surface area contributed by atoms with Crippen molar-refractivity contribution in [1.82, 2.24) is 14.7 Å². The highest BCUT2D eigenvalue weighted by Gasteiger charge is 2.32. The van der Waals surface area contributed by atoms with E-state index in [0.717, 1.165) is 42.0 Å². The fourth-order valence-corrected chi connectivity index (χ4v) is 2.80. The van der Waals surface area contributed by atoms with Gasteiger partial charge in [-0.25, -0.2) is 0 Å². The molecule has 0 radical (unpaired) electrons. The standard InChI is InChI=1S/C14H24ClN3O/c1-10-13(14(15)17(3)16-10)9-18(7-8-19-4)11(2)12-5-6-12/h11-12H,5-9H2,1-4H3. The molecule has 0 aromatic carbocycles. The lowest BCUT2D eigenvalue weighted by atomic mass is 10.1. The van der Waals surface area contributed by atoms with E-state index in [2.05, 4.69) is 16.9 Å². The largest absolute Gasteiger partial charge is 0.383 e. The van der Waals surface area contributed by atoms with Gasteiger partial charge in [-0.1, -0.05) is 11.6 Å². The third-order valence-electron chi connectivity index (χ3n) is 4.09. The van der Waals surface area contributed by atoms with Gasteiger partial charge in [0, 0.05) is 38.9 Å². The Morgan fingerprint density at radius 1 is 1.53 bits per heavy atom. The summed E-state index contributed by atoms with van der Waals surface area (Å²) >= 11 is 6.33. The van der Waals surface area contributed by atoms with Crippen LogP contribution in [0.1, 0.15) is 31.0 Å². The molecule has 4 nitrogen and oxygen atoms in total. The van der Waals surface area contributed by atoms with Crippen LogP contribution in [0.4, 0.5) is 0 Å². The molecular weight excluding hydrogens is 262 g/mol. The molecule has 1 saturated carbocycles. The van der Waals surface area contributed by atoms with Crippen LogP contribution in [0.5, 0.6) is 0 Å². The molecular formula is C14H24ClN3O. The normalized spacial score (nSPS) is 17.2. The summed E-state index contributed by atoms with van der Waals surface area (Å²) in [5, 5.41) is 5.14. The van der Waals surface area contributed by atoms with Gasteiger partial charge in [0.2, 0.25) is 0 Å². The van der Waals surface area contributed by atoms with E-state index in [0.29, 0.717) is 6.04 Å². The zero-order valence-corrected chi connectivity index (χ0v) is 13.1. The van der Waals surface area contributed by atoms with E-state index in [9.17, 15) is 0 Å². The summed E-state index contributed by atoms with van der Waals surface area (Å²) in [6.07, 6.45) is 2.70. The molecule has 0 N–H and O–H groups in total. The minimum absolute atomic E-state index is 0.589. The van der Waals surface area contributed by atoms with Crippen LogP contribution in [0.2, 0.25) is 5.15 Å². The highest BCUT2D eigenvalue weighted by molar-refractivity contribution is 6.30. The zero-order valence-electron chi connectivity index (χ0n) is 12.3. The van der Waals surface area contributed by atoms with E-state index in [1.54, 1.807) is 11.8 Å². The summed E-state index contributed by atoms with van der Waals surface area (Å²) in [4.78, 5) is 2.47. The number of nitrogens with zero attached hydrogens (tertiary/aromatic N) is 3. The summed E-state index contributed by atoms with van der Waals surface area (Å²) in [6.45, 7) is 6.90. The molecule has 1 fully saturated rings. The van der Waals surface area contributed by atoms with Gasteiger partial charge in [0.25, 0.3) is 0 Å². The van der Waals surface area contributed by atoms with Gasteiger partial charge in [0.1, 0.15) is 5.15 Å². The van der Waals surface area contributed by atoms with Crippen molar-refractivity contribution in [3.05, 3.63) is 16.4 Å². The van der Waals surface area contributed by atoms with Crippen LogP contribution < -0.4 is 0 Å². The lowest BCUT2D eigenvalue weighted by Crippen LogP contribution is -2.36.